The summed E-state index contributed by atoms with van der Waals surface area (Å²) in [5.74, 6) is -8.56. The average molecular weight is 336 g/mol. The molecule has 128 valence electrons. The number of carbonyl (C=O) groups excluding carboxylic acids is 1. The summed E-state index contributed by atoms with van der Waals surface area (Å²) in [6, 6.07) is 0. The molecule has 0 aromatic heterocycles. The molecule has 0 saturated carbocycles. The summed E-state index contributed by atoms with van der Waals surface area (Å²) in [6.45, 7) is -2.13. The second kappa shape index (κ2) is 9.58. The van der Waals surface area contributed by atoms with E-state index in [0.29, 0.717) is 0 Å². The maximum Gasteiger partial charge on any atom is 0.508 e. The van der Waals surface area contributed by atoms with Crippen LogP contribution >= 0.6 is 0 Å². The highest BCUT2D eigenvalue weighted by atomic mass is 19.3. The van der Waals surface area contributed by atoms with Crippen LogP contribution in [0.15, 0.2) is 0 Å². The molecule has 0 aliphatic rings. The molecular weight excluding hydrogens is 324 g/mol. The summed E-state index contributed by atoms with van der Waals surface area (Å²) in [5.41, 5.74) is 0. The van der Waals surface area contributed by atoms with Crippen molar-refractivity contribution in [3.05, 3.63) is 0 Å². The molecule has 0 saturated heterocycles. The Kier molecular flexibility index (Phi) is 10.0. The number of rotatable bonds is 6. The molecule has 12 heteroatoms. The van der Waals surface area contributed by atoms with Crippen LogP contribution in [0.4, 0.5) is 39.9 Å². The molecule has 0 amide bonds. The maximum absolute atomic E-state index is 12.1. The summed E-state index contributed by atoms with van der Waals surface area (Å²) >= 11 is 0. The minimum absolute atomic E-state index is 0.0704. The Balaban J connectivity index is 0. The predicted molar refractivity (Wildman–Crippen MR) is 52.0 cm³/mol. The molecule has 0 bridgehead atoms. The Hall–Kier alpha value is -1.33. The van der Waals surface area contributed by atoms with E-state index in [9.17, 15) is 39.9 Å². The topological polar surface area (TPSA) is 55.8 Å². The first-order valence-corrected chi connectivity index (χ1v) is 5.13. The predicted octanol–water partition coefficient (Wildman–Crippen LogP) is 2.94. The Bertz CT molecular complexity index is 297. The van der Waals surface area contributed by atoms with Crippen LogP contribution in [-0.2, 0) is 9.47 Å². The van der Waals surface area contributed by atoms with Crippen LogP contribution in [0.25, 0.3) is 0 Å². The van der Waals surface area contributed by atoms with Gasteiger partial charge in [-0.2, -0.15) is 17.6 Å². The highest BCUT2D eigenvalue weighted by Crippen LogP contribution is 2.23. The van der Waals surface area contributed by atoms with Crippen LogP contribution in [0.1, 0.15) is 6.92 Å². The second-order valence-corrected chi connectivity index (χ2v) is 3.25. The number of aliphatic hydroxyl groups excluding tert-OH is 1. The van der Waals surface area contributed by atoms with Gasteiger partial charge in [0, 0.05) is 0 Å². The molecule has 21 heavy (non-hydrogen) atoms. The van der Waals surface area contributed by atoms with Crippen molar-refractivity contribution in [3.8, 4) is 0 Å². The molecule has 0 rings (SSSR count). The monoisotopic (exact) mass is 336 g/mol. The lowest BCUT2D eigenvalue weighted by molar-refractivity contribution is -0.158. The van der Waals surface area contributed by atoms with Crippen molar-refractivity contribution >= 4 is 6.16 Å². The zero-order chi connectivity index (χ0) is 17.3. The Morgan fingerprint density at radius 2 is 1.43 bits per heavy atom. The fourth-order valence-electron chi connectivity index (χ4n) is 0.447. The van der Waals surface area contributed by atoms with Crippen LogP contribution in [0, 0.1) is 0 Å². The van der Waals surface area contributed by atoms with E-state index in [1.807, 2.05) is 0 Å². The molecule has 0 fully saturated rings. The van der Waals surface area contributed by atoms with Crippen molar-refractivity contribution in [3.63, 3.8) is 0 Å². The number of aliphatic hydroxyl groups is 1. The summed E-state index contributed by atoms with van der Waals surface area (Å²) in [4.78, 5) is 10.3. The Labute approximate surface area is 113 Å². The Morgan fingerprint density at radius 1 is 1.00 bits per heavy atom. The minimum Gasteiger partial charge on any atom is -0.435 e. The van der Waals surface area contributed by atoms with Gasteiger partial charge < -0.3 is 14.6 Å². The average Bonchev–Trinajstić information content (AvgIpc) is 2.37. The molecule has 0 aliphatic heterocycles. The van der Waals surface area contributed by atoms with Crippen molar-refractivity contribution in [2.45, 2.75) is 31.6 Å². The van der Waals surface area contributed by atoms with E-state index in [4.69, 9.17) is 5.11 Å². The van der Waals surface area contributed by atoms with Gasteiger partial charge in [-0.15, -0.1) is 0 Å². The molecule has 0 spiro atoms. The standard InChI is InChI=1S/C6H8F4O3.C3H4F4O/c1-2-12-5(11)13-3-6(9,10)4(7)8;4-2(5)3(6,7)1-8/h4H,2-3H2,1H3;2,8H,1H2. The molecular formula is C9H12F8O4. The highest BCUT2D eigenvalue weighted by molar-refractivity contribution is 5.59. The number of halogens is 8. The SMILES string of the molecule is CCOC(=O)OCC(F)(F)C(F)F.OCC(F)(F)C(F)F. The summed E-state index contributed by atoms with van der Waals surface area (Å²) in [5, 5.41) is 7.53. The van der Waals surface area contributed by atoms with E-state index in [1.165, 1.54) is 6.92 Å². The number of hydrogen-bond acceptors (Lipinski definition) is 4. The lowest BCUT2D eigenvalue weighted by Gasteiger charge is -2.14. The van der Waals surface area contributed by atoms with Crippen LogP contribution in [0.5, 0.6) is 0 Å². The number of hydrogen-bond donors (Lipinski definition) is 1. The first kappa shape index (κ1) is 22.0. The molecule has 1 N–H and O–H groups in total. The van der Waals surface area contributed by atoms with Crippen molar-refractivity contribution in [2.75, 3.05) is 19.8 Å². The molecule has 0 aliphatic carbocycles. The number of carbonyl (C=O) groups is 1. The molecule has 0 atom stereocenters. The summed E-state index contributed by atoms with van der Waals surface area (Å²) in [7, 11) is 0. The van der Waals surface area contributed by atoms with Gasteiger partial charge >= 0.3 is 30.9 Å². The van der Waals surface area contributed by atoms with E-state index in [1.54, 1.807) is 0 Å². The number of alkyl halides is 8. The van der Waals surface area contributed by atoms with Gasteiger partial charge in [-0.1, -0.05) is 0 Å². The van der Waals surface area contributed by atoms with Gasteiger partial charge in [0.2, 0.25) is 0 Å². The van der Waals surface area contributed by atoms with E-state index < -0.39 is 44.1 Å². The van der Waals surface area contributed by atoms with E-state index in [0.717, 1.165) is 0 Å². The third-order valence-electron chi connectivity index (χ3n) is 1.49. The molecule has 0 heterocycles. The smallest absolute Gasteiger partial charge is 0.435 e. The van der Waals surface area contributed by atoms with Crippen molar-refractivity contribution in [1.29, 1.82) is 0 Å². The third-order valence-corrected chi connectivity index (χ3v) is 1.49. The molecule has 0 unspecified atom stereocenters. The van der Waals surface area contributed by atoms with Crippen LogP contribution < -0.4 is 0 Å². The van der Waals surface area contributed by atoms with Gasteiger partial charge in [0.05, 0.1) is 6.61 Å². The lowest BCUT2D eigenvalue weighted by atomic mass is 10.4. The van der Waals surface area contributed by atoms with E-state index >= 15 is 0 Å². The van der Waals surface area contributed by atoms with Crippen molar-refractivity contribution in [2.24, 2.45) is 0 Å². The van der Waals surface area contributed by atoms with E-state index in [2.05, 4.69) is 9.47 Å². The highest BCUT2D eigenvalue weighted by Gasteiger charge is 2.42. The first-order chi connectivity index (χ1) is 9.40. The zero-order valence-electron chi connectivity index (χ0n) is 10.5. The van der Waals surface area contributed by atoms with Gasteiger partial charge in [0.25, 0.3) is 0 Å². The molecule has 0 aromatic rings. The Morgan fingerprint density at radius 3 is 1.67 bits per heavy atom. The van der Waals surface area contributed by atoms with Crippen molar-refractivity contribution < 1.29 is 54.5 Å². The van der Waals surface area contributed by atoms with Gasteiger partial charge in [0.15, 0.2) is 6.61 Å². The fraction of sp³-hybridized carbons (Fsp3) is 0.889. The lowest BCUT2D eigenvalue weighted by Crippen LogP contribution is -2.33. The molecule has 0 aromatic carbocycles. The largest absolute Gasteiger partial charge is 0.508 e. The zero-order valence-corrected chi connectivity index (χ0v) is 10.5. The second-order valence-electron chi connectivity index (χ2n) is 3.25. The van der Waals surface area contributed by atoms with Crippen LogP contribution in [0.2, 0.25) is 0 Å². The first-order valence-electron chi connectivity index (χ1n) is 5.13. The van der Waals surface area contributed by atoms with Crippen LogP contribution in [0.3, 0.4) is 0 Å². The quantitative estimate of drug-likeness (QED) is 0.599. The van der Waals surface area contributed by atoms with Crippen LogP contribution in [-0.4, -0.2) is 55.8 Å². The van der Waals surface area contributed by atoms with Gasteiger partial charge in [-0.25, -0.2) is 22.4 Å². The van der Waals surface area contributed by atoms with Gasteiger partial charge in [0.1, 0.15) is 6.61 Å². The molecule has 4 nitrogen and oxygen atoms in total. The van der Waals surface area contributed by atoms with E-state index in [-0.39, 0.29) is 6.61 Å². The fourth-order valence-corrected chi connectivity index (χ4v) is 0.447. The van der Waals surface area contributed by atoms with Gasteiger partial charge in [-0.05, 0) is 6.92 Å². The minimum atomic E-state index is -4.33. The maximum atomic E-state index is 12.1. The number of ether oxygens (including phenoxy) is 2. The van der Waals surface area contributed by atoms with Crippen molar-refractivity contribution in [1.82, 2.24) is 0 Å². The third kappa shape index (κ3) is 10.1. The summed E-state index contributed by atoms with van der Waals surface area (Å²) < 4.78 is 99.2. The molecule has 0 radical (unpaired) electrons. The summed E-state index contributed by atoms with van der Waals surface area (Å²) in [6.07, 6.45) is -9.02. The van der Waals surface area contributed by atoms with Gasteiger partial charge in [-0.3, -0.25) is 0 Å². The normalized spacial score (nSPS) is 12.0.